The van der Waals surface area contributed by atoms with Crippen LogP contribution in [0.25, 0.3) is 11.0 Å². The normalized spacial score (nSPS) is 17.9. The molecule has 0 bridgehead atoms. The third kappa shape index (κ3) is 3.29. The highest BCUT2D eigenvalue weighted by Crippen LogP contribution is 2.32. The van der Waals surface area contributed by atoms with Crippen LogP contribution in [0.3, 0.4) is 0 Å². The molecule has 3 aromatic rings. The van der Waals surface area contributed by atoms with Gasteiger partial charge < -0.3 is 9.30 Å². The first-order chi connectivity index (χ1) is 13.7. The monoisotopic (exact) mass is 395 g/mol. The van der Waals surface area contributed by atoms with Crippen molar-refractivity contribution in [1.82, 2.24) is 14.5 Å². The summed E-state index contributed by atoms with van der Waals surface area (Å²) in [5.41, 5.74) is 5.15. The largest absolute Gasteiger partial charge is 0.497 e. The van der Waals surface area contributed by atoms with Crippen molar-refractivity contribution < 1.29 is 4.74 Å². The van der Waals surface area contributed by atoms with Crippen LogP contribution in [0.1, 0.15) is 42.1 Å². The maximum absolute atomic E-state index is 6.31. The van der Waals surface area contributed by atoms with E-state index in [0.717, 1.165) is 48.9 Å². The van der Waals surface area contributed by atoms with E-state index in [1.54, 1.807) is 7.11 Å². The fourth-order valence-electron chi connectivity index (χ4n) is 4.85. The Hall–Kier alpha value is -2.04. The third-order valence-corrected chi connectivity index (χ3v) is 6.55. The van der Waals surface area contributed by atoms with Gasteiger partial charge in [-0.25, -0.2) is 4.98 Å². The Bertz CT molecular complexity index is 987. The van der Waals surface area contributed by atoms with E-state index in [1.165, 1.54) is 41.7 Å². The Morgan fingerprint density at radius 3 is 2.64 bits per heavy atom. The molecule has 1 aromatic heterocycles. The van der Waals surface area contributed by atoms with Crippen molar-refractivity contribution in [2.45, 2.75) is 44.7 Å². The first-order valence-electron chi connectivity index (χ1n) is 10.2. The Kier molecular flexibility index (Phi) is 4.77. The molecule has 0 unspecified atom stereocenters. The van der Waals surface area contributed by atoms with E-state index in [9.17, 15) is 0 Å². The first-order valence-corrected chi connectivity index (χ1v) is 10.6. The quantitative estimate of drug-likeness (QED) is 0.621. The molecule has 4 nitrogen and oxygen atoms in total. The molecule has 5 heteroatoms. The van der Waals surface area contributed by atoms with Gasteiger partial charge in [0.2, 0.25) is 0 Å². The Labute approximate surface area is 171 Å². The predicted molar refractivity (Wildman–Crippen MR) is 113 cm³/mol. The van der Waals surface area contributed by atoms with Gasteiger partial charge in [0.25, 0.3) is 0 Å². The minimum absolute atomic E-state index is 0.644. The van der Waals surface area contributed by atoms with E-state index in [-0.39, 0.29) is 0 Å². The number of hydrogen-bond donors (Lipinski definition) is 0. The van der Waals surface area contributed by atoms with E-state index in [2.05, 4.69) is 39.8 Å². The van der Waals surface area contributed by atoms with Crippen LogP contribution in [0.15, 0.2) is 36.4 Å². The highest BCUT2D eigenvalue weighted by molar-refractivity contribution is 6.31. The van der Waals surface area contributed by atoms with Crippen LogP contribution in [0.2, 0.25) is 5.02 Å². The number of ether oxygens (including phenoxy) is 1. The highest BCUT2D eigenvalue weighted by atomic mass is 35.5. The van der Waals surface area contributed by atoms with Gasteiger partial charge >= 0.3 is 0 Å². The molecule has 0 N–H and O–H groups in total. The second-order valence-electron chi connectivity index (χ2n) is 8.04. The van der Waals surface area contributed by atoms with Crippen molar-refractivity contribution in [3.63, 3.8) is 0 Å². The van der Waals surface area contributed by atoms with Crippen LogP contribution >= 0.6 is 11.6 Å². The molecule has 2 aromatic carbocycles. The van der Waals surface area contributed by atoms with Crippen LogP contribution < -0.4 is 4.74 Å². The highest BCUT2D eigenvalue weighted by Gasteiger charge is 2.24. The Morgan fingerprint density at radius 2 is 1.89 bits per heavy atom. The Balaban J connectivity index is 1.30. The summed E-state index contributed by atoms with van der Waals surface area (Å²) in [6.07, 6.45) is 4.67. The molecular formula is C23H26ClN3O. The lowest BCUT2D eigenvalue weighted by atomic mass is 9.89. The van der Waals surface area contributed by atoms with E-state index in [1.807, 2.05) is 6.07 Å². The first kappa shape index (κ1) is 18.0. The SMILES string of the molecule is COc1ccc(C2CCN(Cc3nc4cc(Cl)cc5c4n3CCC5)CC2)cc1. The minimum Gasteiger partial charge on any atom is -0.497 e. The minimum atomic E-state index is 0.644. The summed E-state index contributed by atoms with van der Waals surface area (Å²) in [5, 5.41) is 0.806. The summed E-state index contributed by atoms with van der Waals surface area (Å²) < 4.78 is 7.71. The molecule has 2 aliphatic heterocycles. The van der Waals surface area contributed by atoms with Gasteiger partial charge in [-0.3, -0.25) is 4.90 Å². The number of likely N-dealkylation sites (tertiary alicyclic amines) is 1. The fraction of sp³-hybridized carbons (Fsp3) is 0.435. The zero-order valence-corrected chi connectivity index (χ0v) is 17.1. The molecule has 0 radical (unpaired) electrons. The standard InChI is InChI=1S/C23H26ClN3O/c1-28-20-6-4-16(5-7-20)17-8-11-26(12-9-17)15-22-25-21-14-19(24)13-18-3-2-10-27(22)23(18)21/h4-7,13-14,17H,2-3,8-12,15H2,1H3. The van der Waals surface area contributed by atoms with Gasteiger partial charge in [-0.1, -0.05) is 23.7 Å². The van der Waals surface area contributed by atoms with Gasteiger partial charge in [0.1, 0.15) is 11.6 Å². The fourth-order valence-corrected chi connectivity index (χ4v) is 5.08. The average molecular weight is 396 g/mol. The summed E-state index contributed by atoms with van der Waals surface area (Å²) in [4.78, 5) is 7.51. The summed E-state index contributed by atoms with van der Waals surface area (Å²) in [5.74, 6) is 2.77. The number of piperidine rings is 1. The molecule has 1 fully saturated rings. The number of hydrogen-bond acceptors (Lipinski definition) is 3. The van der Waals surface area contributed by atoms with E-state index in [4.69, 9.17) is 21.3 Å². The number of aryl methyl sites for hydroxylation is 2. The molecule has 28 heavy (non-hydrogen) atoms. The molecule has 0 aliphatic carbocycles. The molecule has 0 saturated carbocycles. The number of aromatic nitrogens is 2. The van der Waals surface area contributed by atoms with Gasteiger partial charge in [0.05, 0.1) is 24.7 Å². The van der Waals surface area contributed by atoms with E-state index in [0.29, 0.717) is 5.92 Å². The average Bonchev–Trinajstić information content (AvgIpc) is 3.07. The third-order valence-electron chi connectivity index (χ3n) is 6.33. The summed E-state index contributed by atoms with van der Waals surface area (Å²) in [6.45, 7) is 4.24. The number of halogens is 1. The van der Waals surface area contributed by atoms with Crippen molar-refractivity contribution in [2.75, 3.05) is 20.2 Å². The van der Waals surface area contributed by atoms with Crippen LogP contribution in [-0.2, 0) is 19.5 Å². The van der Waals surface area contributed by atoms with Crippen LogP contribution in [-0.4, -0.2) is 34.7 Å². The van der Waals surface area contributed by atoms with Crippen LogP contribution in [0.4, 0.5) is 0 Å². The van der Waals surface area contributed by atoms with Crippen molar-refractivity contribution in [1.29, 1.82) is 0 Å². The van der Waals surface area contributed by atoms with Crippen LogP contribution in [0.5, 0.6) is 5.75 Å². The number of rotatable bonds is 4. The van der Waals surface area contributed by atoms with Crippen molar-refractivity contribution in [3.05, 3.63) is 58.4 Å². The second kappa shape index (κ2) is 7.41. The molecule has 0 spiro atoms. The summed E-state index contributed by atoms with van der Waals surface area (Å²) in [7, 11) is 1.72. The second-order valence-corrected chi connectivity index (χ2v) is 8.48. The van der Waals surface area contributed by atoms with Gasteiger partial charge in [0, 0.05) is 11.6 Å². The molecule has 146 valence electrons. The topological polar surface area (TPSA) is 30.3 Å². The number of methoxy groups -OCH3 is 1. The molecule has 0 atom stereocenters. The Morgan fingerprint density at radius 1 is 1.11 bits per heavy atom. The molecule has 0 amide bonds. The number of benzene rings is 2. The summed E-state index contributed by atoms with van der Waals surface area (Å²) >= 11 is 6.31. The van der Waals surface area contributed by atoms with Crippen molar-refractivity contribution in [3.8, 4) is 5.75 Å². The van der Waals surface area contributed by atoms with Crippen LogP contribution in [0, 0.1) is 0 Å². The smallest absolute Gasteiger partial charge is 0.124 e. The number of nitrogens with zero attached hydrogens (tertiary/aromatic N) is 3. The molecular weight excluding hydrogens is 370 g/mol. The van der Waals surface area contributed by atoms with Gasteiger partial charge in [-0.2, -0.15) is 0 Å². The lowest BCUT2D eigenvalue weighted by molar-refractivity contribution is 0.198. The molecule has 3 heterocycles. The van der Waals surface area contributed by atoms with Gasteiger partial charge in [-0.15, -0.1) is 0 Å². The van der Waals surface area contributed by atoms with Gasteiger partial charge in [0.15, 0.2) is 0 Å². The van der Waals surface area contributed by atoms with E-state index < -0.39 is 0 Å². The van der Waals surface area contributed by atoms with Crippen molar-refractivity contribution in [2.24, 2.45) is 0 Å². The maximum atomic E-state index is 6.31. The van der Waals surface area contributed by atoms with Crippen molar-refractivity contribution >= 4 is 22.6 Å². The molecule has 1 saturated heterocycles. The lowest BCUT2D eigenvalue weighted by Gasteiger charge is -2.32. The zero-order valence-electron chi connectivity index (χ0n) is 16.3. The lowest BCUT2D eigenvalue weighted by Crippen LogP contribution is -2.33. The maximum Gasteiger partial charge on any atom is 0.124 e. The molecule has 2 aliphatic rings. The predicted octanol–water partition coefficient (Wildman–Crippen LogP) is 5.02. The molecule has 5 rings (SSSR count). The summed E-state index contributed by atoms with van der Waals surface area (Å²) in [6, 6.07) is 12.7. The van der Waals surface area contributed by atoms with E-state index >= 15 is 0 Å². The van der Waals surface area contributed by atoms with Gasteiger partial charge in [-0.05, 0) is 80.1 Å². The number of imidazole rings is 1. The zero-order chi connectivity index (χ0) is 19.1.